The van der Waals surface area contributed by atoms with Crippen molar-refractivity contribution in [3.63, 3.8) is 0 Å². The zero-order chi connectivity index (χ0) is 25.2. The van der Waals surface area contributed by atoms with Crippen molar-refractivity contribution in [1.29, 1.82) is 5.26 Å². The number of pyridine rings is 2. The highest BCUT2D eigenvalue weighted by atomic mass is 35.5. The summed E-state index contributed by atoms with van der Waals surface area (Å²) in [6.45, 7) is -0.126. The van der Waals surface area contributed by atoms with Gasteiger partial charge in [-0.05, 0) is 65.5 Å². The summed E-state index contributed by atoms with van der Waals surface area (Å²) in [4.78, 5) is 17.6. The van der Waals surface area contributed by atoms with Gasteiger partial charge in [0.25, 0.3) is 5.56 Å². The minimum Gasteiger partial charge on any atom is -0.438 e. The van der Waals surface area contributed by atoms with Gasteiger partial charge in [0.2, 0.25) is 5.88 Å². The molecule has 0 N–H and O–H groups in total. The second kappa shape index (κ2) is 9.61. The fourth-order valence-electron chi connectivity index (χ4n) is 3.94. The Morgan fingerprint density at radius 3 is 2.56 bits per heavy atom. The van der Waals surface area contributed by atoms with Crippen molar-refractivity contribution in [3.8, 4) is 29.0 Å². The zero-order valence-corrected chi connectivity index (χ0v) is 19.3. The van der Waals surface area contributed by atoms with Crippen molar-refractivity contribution in [2.75, 3.05) is 0 Å². The molecule has 5 rings (SSSR count). The summed E-state index contributed by atoms with van der Waals surface area (Å²) < 4.78 is 35.1. The number of aromatic nitrogens is 2. The molecule has 0 atom stereocenters. The van der Waals surface area contributed by atoms with Crippen LogP contribution in [-0.4, -0.2) is 9.55 Å². The highest BCUT2D eigenvalue weighted by molar-refractivity contribution is 6.35. The molecule has 0 fully saturated rings. The van der Waals surface area contributed by atoms with Gasteiger partial charge in [-0.1, -0.05) is 29.8 Å². The van der Waals surface area contributed by atoms with Gasteiger partial charge in [-0.2, -0.15) is 5.26 Å². The van der Waals surface area contributed by atoms with Gasteiger partial charge in [-0.25, -0.2) is 13.8 Å². The van der Waals surface area contributed by atoms with Crippen LogP contribution in [0.1, 0.15) is 11.1 Å². The molecule has 0 aliphatic rings. The van der Waals surface area contributed by atoms with Crippen molar-refractivity contribution in [3.05, 3.63) is 123 Å². The Morgan fingerprint density at radius 1 is 1.00 bits per heavy atom. The van der Waals surface area contributed by atoms with Crippen LogP contribution in [0.15, 0.2) is 89.9 Å². The number of nitriles is 1. The van der Waals surface area contributed by atoms with E-state index in [1.165, 1.54) is 16.8 Å². The van der Waals surface area contributed by atoms with E-state index < -0.39 is 17.2 Å². The van der Waals surface area contributed by atoms with Gasteiger partial charge >= 0.3 is 0 Å². The first-order chi connectivity index (χ1) is 17.4. The molecule has 5 nitrogen and oxygen atoms in total. The number of benzene rings is 3. The summed E-state index contributed by atoms with van der Waals surface area (Å²) in [7, 11) is 0. The molecule has 2 heterocycles. The van der Waals surface area contributed by atoms with Crippen molar-refractivity contribution in [2.24, 2.45) is 0 Å². The summed E-state index contributed by atoms with van der Waals surface area (Å²) in [5.41, 5.74) is 1.23. The molecule has 0 saturated heterocycles. The van der Waals surface area contributed by atoms with Gasteiger partial charge in [0.1, 0.15) is 29.0 Å². The van der Waals surface area contributed by atoms with Crippen molar-refractivity contribution >= 4 is 22.4 Å². The second-order valence-corrected chi connectivity index (χ2v) is 8.36. The molecule has 176 valence electrons. The fourth-order valence-corrected chi connectivity index (χ4v) is 4.20. The molecule has 0 bridgehead atoms. The zero-order valence-electron chi connectivity index (χ0n) is 18.6. The predicted octanol–water partition coefficient (Wildman–Crippen LogP) is 6.71. The van der Waals surface area contributed by atoms with Crippen LogP contribution in [-0.2, 0) is 6.54 Å². The molecule has 0 spiro atoms. The molecule has 0 aliphatic carbocycles. The van der Waals surface area contributed by atoms with Crippen LogP contribution in [0.5, 0.6) is 11.6 Å². The molecule has 0 amide bonds. The summed E-state index contributed by atoms with van der Waals surface area (Å²) in [5.74, 6) is -0.832. The van der Waals surface area contributed by atoms with Gasteiger partial charge in [0.15, 0.2) is 0 Å². The lowest BCUT2D eigenvalue weighted by Gasteiger charge is -2.16. The van der Waals surface area contributed by atoms with Gasteiger partial charge in [-0.3, -0.25) is 4.79 Å². The minimum atomic E-state index is -0.750. The van der Waals surface area contributed by atoms with Crippen LogP contribution >= 0.6 is 11.6 Å². The summed E-state index contributed by atoms with van der Waals surface area (Å²) in [6, 6.07) is 22.3. The molecule has 8 heteroatoms. The number of hydrogen-bond acceptors (Lipinski definition) is 4. The van der Waals surface area contributed by atoms with E-state index in [0.29, 0.717) is 33.3 Å². The molecular formula is C28H16ClF2N3O2. The SMILES string of the molecule is N#Cc1cccnc1Oc1ccc(-c2cc3cccc(Cl)c3c(=O)n2Cc2ccc(F)cc2F)cc1. The third kappa shape index (κ3) is 4.42. The molecule has 3 aromatic carbocycles. The monoisotopic (exact) mass is 499 g/mol. The molecule has 36 heavy (non-hydrogen) atoms. The number of ether oxygens (including phenoxy) is 1. The van der Waals surface area contributed by atoms with Gasteiger partial charge in [-0.15, -0.1) is 0 Å². The number of rotatable bonds is 5. The third-order valence-electron chi connectivity index (χ3n) is 5.69. The smallest absolute Gasteiger partial charge is 0.260 e. The van der Waals surface area contributed by atoms with Gasteiger partial charge in [0, 0.05) is 17.8 Å². The lowest BCUT2D eigenvalue weighted by molar-refractivity contribution is 0.461. The Hall–Kier alpha value is -4.54. The van der Waals surface area contributed by atoms with Crippen LogP contribution in [0.4, 0.5) is 8.78 Å². The minimum absolute atomic E-state index is 0.126. The molecule has 0 unspecified atom stereocenters. The maximum Gasteiger partial charge on any atom is 0.260 e. The molecule has 0 aliphatic heterocycles. The van der Waals surface area contributed by atoms with Gasteiger partial charge < -0.3 is 9.30 Å². The Kier molecular flexibility index (Phi) is 6.19. The van der Waals surface area contributed by atoms with E-state index in [1.54, 1.807) is 60.7 Å². The second-order valence-electron chi connectivity index (χ2n) is 7.96. The largest absolute Gasteiger partial charge is 0.438 e. The number of halogens is 3. The maximum absolute atomic E-state index is 14.5. The van der Waals surface area contributed by atoms with E-state index in [9.17, 15) is 18.8 Å². The molecule has 0 saturated carbocycles. The Bertz CT molecular complexity index is 1710. The van der Waals surface area contributed by atoms with Crippen molar-refractivity contribution in [1.82, 2.24) is 9.55 Å². The van der Waals surface area contributed by atoms with Crippen LogP contribution < -0.4 is 10.3 Å². The van der Waals surface area contributed by atoms with E-state index in [-0.39, 0.29) is 23.0 Å². The summed E-state index contributed by atoms with van der Waals surface area (Å²) in [5, 5.41) is 10.5. The summed E-state index contributed by atoms with van der Waals surface area (Å²) in [6.07, 6.45) is 1.53. The van der Waals surface area contributed by atoms with E-state index in [4.69, 9.17) is 16.3 Å². The normalized spacial score (nSPS) is 10.8. The number of nitrogens with zero attached hydrogens (tertiary/aromatic N) is 3. The number of hydrogen-bond donors (Lipinski definition) is 0. The quantitative estimate of drug-likeness (QED) is 0.269. The van der Waals surface area contributed by atoms with Crippen molar-refractivity contribution < 1.29 is 13.5 Å². The molecular weight excluding hydrogens is 484 g/mol. The Morgan fingerprint density at radius 2 is 1.81 bits per heavy atom. The molecule has 0 radical (unpaired) electrons. The van der Waals surface area contributed by atoms with Crippen LogP contribution in [0.25, 0.3) is 22.0 Å². The van der Waals surface area contributed by atoms with E-state index in [2.05, 4.69) is 4.98 Å². The first kappa shape index (κ1) is 23.2. The number of fused-ring (bicyclic) bond motifs is 1. The van der Waals surface area contributed by atoms with Crippen LogP contribution in [0.3, 0.4) is 0 Å². The van der Waals surface area contributed by atoms with E-state index in [0.717, 1.165) is 12.1 Å². The van der Waals surface area contributed by atoms with Crippen molar-refractivity contribution in [2.45, 2.75) is 6.54 Å². The average molecular weight is 500 g/mol. The maximum atomic E-state index is 14.5. The van der Waals surface area contributed by atoms with E-state index in [1.807, 2.05) is 6.07 Å². The first-order valence-electron chi connectivity index (χ1n) is 10.8. The highest BCUT2D eigenvalue weighted by Crippen LogP contribution is 2.30. The van der Waals surface area contributed by atoms with Crippen LogP contribution in [0, 0.1) is 23.0 Å². The lowest BCUT2D eigenvalue weighted by Crippen LogP contribution is -2.23. The topological polar surface area (TPSA) is 67.9 Å². The third-order valence-corrected chi connectivity index (χ3v) is 6.00. The van der Waals surface area contributed by atoms with Crippen LogP contribution in [0.2, 0.25) is 5.02 Å². The summed E-state index contributed by atoms with van der Waals surface area (Å²) >= 11 is 6.33. The average Bonchev–Trinajstić information content (AvgIpc) is 2.87. The van der Waals surface area contributed by atoms with E-state index >= 15 is 0 Å². The predicted molar refractivity (Wildman–Crippen MR) is 133 cm³/mol. The standard InChI is InChI=1S/C28H16ClF2N3O2/c29-23-5-1-3-18-13-25(34(28(35)26(18)23)16-20-6-9-21(30)14-24(20)31)17-7-10-22(11-8-17)36-27-19(15-32)4-2-12-33-27/h1-14H,16H2. The molecule has 2 aromatic heterocycles. The van der Waals surface area contributed by atoms with Gasteiger partial charge in [0.05, 0.1) is 22.6 Å². The highest BCUT2D eigenvalue weighted by Gasteiger charge is 2.16. The lowest BCUT2D eigenvalue weighted by atomic mass is 10.1. The fraction of sp³-hybridized carbons (Fsp3) is 0.0357. The molecule has 5 aromatic rings. The first-order valence-corrected chi connectivity index (χ1v) is 11.2. The Labute approximate surface area is 209 Å². The Balaban J connectivity index is 1.61.